The number of carbonyl (C=O) groups is 2. The van der Waals surface area contributed by atoms with Crippen LogP contribution in [0, 0.1) is 0 Å². The third-order valence-electron chi connectivity index (χ3n) is 3.91. The van der Waals surface area contributed by atoms with Crippen LogP contribution in [0.15, 0.2) is 0 Å². The van der Waals surface area contributed by atoms with Gasteiger partial charge in [-0.25, -0.2) is 0 Å². The Bertz CT molecular complexity index is 347. The van der Waals surface area contributed by atoms with E-state index in [-0.39, 0.29) is 18.4 Å². The first-order valence-electron chi connectivity index (χ1n) is 7.33. The zero-order valence-corrected chi connectivity index (χ0v) is 13.3. The molecule has 1 aliphatic rings. The summed E-state index contributed by atoms with van der Waals surface area (Å²) >= 11 is 0. The van der Waals surface area contributed by atoms with Crippen molar-refractivity contribution in [3.8, 4) is 0 Å². The van der Waals surface area contributed by atoms with Gasteiger partial charge in [0.15, 0.2) is 6.54 Å². The van der Waals surface area contributed by atoms with E-state index in [1.165, 1.54) is 0 Å². The number of likely N-dealkylation sites (N-methyl/N-ethyl adjacent to an activating group) is 1. The zero-order valence-electron chi connectivity index (χ0n) is 13.3. The van der Waals surface area contributed by atoms with Crippen molar-refractivity contribution in [1.29, 1.82) is 0 Å². The molecule has 6 nitrogen and oxygen atoms in total. The molecule has 0 atom stereocenters. The van der Waals surface area contributed by atoms with Gasteiger partial charge in [-0.1, -0.05) is 0 Å². The lowest BCUT2D eigenvalue weighted by Crippen LogP contribution is -2.52. The molecule has 0 bridgehead atoms. The molecule has 20 heavy (non-hydrogen) atoms. The molecule has 0 aliphatic carbocycles. The lowest BCUT2D eigenvalue weighted by molar-refractivity contribution is -0.881. The van der Waals surface area contributed by atoms with Crippen LogP contribution in [0.5, 0.6) is 0 Å². The quantitative estimate of drug-likeness (QED) is 0.669. The van der Waals surface area contributed by atoms with Gasteiger partial charge in [0, 0.05) is 32.2 Å². The lowest BCUT2D eigenvalue weighted by atomic mass is 10.2. The van der Waals surface area contributed by atoms with E-state index in [2.05, 4.69) is 18.7 Å². The Morgan fingerprint density at radius 3 is 2.15 bits per heavy atom. The Morgan fingerprint density at radius 2 is 1.70 bits per heavy atom. The summed E-state index contributed by atoms with van der Waals surface area (Å²) in [5.74, 6) is -0.142. The molecule has 0 aromatic carbocycles. The van der Waals surface area contributed by atoms with E-state index < -0.39 is 0 Å². The predicted molar refractivity (Wildman–Crippen MR) is 78.9 cm³/mol. The molecule has 1 rings (SSSR count). The second-order valence-electron chi connectivity index (χ2n) is 6.54. The molecule has 1 heterocycles. The van der Waals surface area contributed by atoms with E-state index in [9.17, 15) is 9.59 Å². The number of nitrogens with two attached hydrogens (primary N) is 1. The molecule has 1 saturated heterocycles. The van der Waals surface area contributed by atoms with Crippen molar-refractivity contribution in [2.45, 2.75) is 26.3 Å². The average Bonchev–Trinajstić information content (AvgIpc) is 2.34. The van der Waals surface area contributed by atoms with Gasteiger partial charge in [0.1, 0.15) is 0 Å². The highest BCUT2D eigenvalue weighted by atomic mass is 16.2. The largest absolute Gasteiger partial charge is 0.365 e. The first-order valence-corrected chi connectivity index (χ1v) is 7.33. The SMILES string of the molecule is CC(C)N1CCN(C(=O)CC[N+](C)(C)CC(N)=O)CC1. The van der Waals surface area contributed by atoms with E-state index >= 15 is 0 Å². The number of piperazine rings is 1. The summed E-state index contributed by atoms with van der Waals surface area (Å²) in [6.07, 6.45) is 0.474. The van der Waals surface area contributed by atoms with Crippen LogP contribution < -0.4 is 5.73 Å². The highest BCUT2D eigenvalue weighted by Gasteiger charge is 2.25. The summed E-state index contributed by atoms with van der Waals surface area (Å²) in [5, 5.41) is 0. The number of hydrogen-bond acceptors (Lipinski definition) is 3. The molecular formula is C14H29N4O2+. The third-order valence-corrected chi connectivity index (χ3v) is 3.91. The summed E-state index contributed by atoms with van der Waals surface area (Å²) in [5.41, 5.74) is 5.22. The first-order chi connectivity index (χ1) is 9.21. The highest BCUT2D eigenvalue weighted by Crippen LogP contribution is 2.08. The minimum absolute atomic E-state index is 0.184. The zero-order chi connectivity index (χ0) is 15.3. The minimum Gasteiger partial charge on any atom is -0.365 e. The first kappa shape index (κ1) is 16.9. The summed E-state index contributed by atoms with van der Waals surface area (Å²) < 4.78 is 0.465. The van der Waals surface area contributed by atoms with E-state index in [4.69, 9.17) is 5.73 Å². The second-order valence-corrected chi connectivity index (χ2v) is 6.54. The lowest BCUT2D eigenvalue weighted by Gasteiger charge is -2.37. The summed E-state index contributed by atoms with van der Waals surface area (Å²) in [4.78, 5) is 27.5. The van der Waals surface area contributed by atoms with E-state index in [0.717, 1.165) is 26.2 Å². The maximum absolute atomic E-state index is 12.2. The normalized spacial score (nSPS) is 17.6. The predicted octanol–water partition coefficient (Wildman–Crippen LogP) is -0.509. The molecule has 116 valence electrons. The van der Waals surface area contributed by atoms with Crippen LogP contribution in [0.2, 0.25) is 0 Å². The number of primary amides is 1. The smallest absolute Gasteiger partial charge is 0.272 e. The Balaban J connectivity index is 2.35. The topological polar surface area (TPSA) is 66.6 Å². The average molecular weight is 285 g/mol. The maximum atomic E-state index is 12.2. The fourth-order valence-corrected chi connectivity index (χ4v) is 2.55. The standard InChI is InChI=1S/C14H28N4O2/c1-12(2)16-6-8-17(9-7-16)14(20)5-10-18(3,4)11-13(15)19/h12H,5-11H2,1-4H3,(H-,15,19)/p+1. The van der Waals surface area contributed by atoms with Crippen LogP contribution in [-0.2, 0) is 9.59 Å². The Kier molecular flexibility index (Phi) is 5.95. The van der Waals surface area contributed by atoms with Gasteiger partial charge in [0.25, 0.3) is 5.91 Å². The molecule has 0 spiro atoms. The fourth-order valence-electron chi connectivity index (χ4n) is 2.55. The molecule has 0 saturated carbocycles. The Morgan fingerprint density at radius 1 is 1.15 bits per heavy atom. The van der Waals surface area contributed by atoms with Gasteiger partial charge < -0.3 is 15.1 Å². The van der Waals surface area contributed by atoms with Gasteiger partial charge in [0.2, 0.25) is 5.91 Å². The number of nitrogens with zero attached hydrogens (tertiary/aromatic N) is 3. The molecule has 2 N–H and O–H groups in total. The molecule has 1 fully saturated rings. The van der Waals surface area contributed by atoms with Crippen LogP contribution in [0.25, 0.3) is 0 Å². The minimum atomic E-state index is -0.326. The highest BCUT2D eigenvalue weighted by molar-refractivity contribution is 5.76. The molecule has 6 heteroatoms. The summed E-state index contributed by atoms with van der Waals surface area (Å²) in [6.45, 7) is 8.79. The van der Waals surface area contributed by atoms with Crippen molar-refractivity contribution < 1.29 is 14.1 Å². The third kappa shape index (κ3) is 5.46. The second kappa shape index (κ2) is 7.04. The molecule has 0 aromatic heterocycles. The molecular weight excluding hydrogens is 256 g/mol. The number of rotatable bonds is 6. The Labute approximate surface area is 122 Å². The van der Waals surface area contributed by atoms with Gasteiger partial charge in [-0.15, -0.1) is 0 Å². The molecule has 0 radical (unpaired) electrons. The number of quaternary nitrogens is 1. The molecule has 2 amide bonds. The van der Waals surface area contributed by atoms with Gasteiger partial charge in [-0.2, -0.15) is 0 Å². The van der Waals surface area contributed by atoms with Crippen molar-refractivity contribution in [3.05, 3.63) is 0 Å². The van der Waals surface area contributed by atoms with Crippen molar-refractivity contribution in [2.75, 3.05) is 53.4 Å². The van der Waals surface area contributed by atoms with E-state index in [1.54, 1.807) is 0 Å². The monoisotopic (exact) mass is 285 g/mol. The summed E-state index contributed by atoms with van der Waals surface area (Å²) in [6, 6.07) is 0.540. The number of carbonyl (C=O) groups excluding carboxylic acids is 2. The number of amides is 2. The van der Waals surface area contributed by atoms with Crippen LogP contribution >= 0.6 is 0 Å². The van der Waals surface area contributed by atoms with Gasteiger partial charge in [-0.05, 0) is 13.8 Å². The van der Waals surface area contributed by atoms with Crippen molar-refractivity contribution in [2.24, 2.45) is 5.73 Å². The molecule has 1 aliphatic heterocycles. The van der Waals surface area contributed by atoms with Crippen molar-refractivity contribution >= 4 is 11.8 Å². The van der Waals surface area contributed by atoms with Gasteiger partial charge in [-0.3, -0.25) is 14.5 Å². The molecule has 0 unspecified atom stereocenters. The van der Waals surface area contributed by atoms with Gasteiger partial charge in [0.05, 0.1) is 27.1 Å². The Hall–Kier alpha value is -1.14. The fraction of sp³-hybridized carbons (Fsp3) is 0.857. The van der Waals surface area contributed by atoms with Crippen LogP contribution in [0.4, 0.5) is 0 Å². The van der Waals surface area contributed by atoms with Crippen molar-refractivity contribution in [1.82, 2.24) is 9.80 Å². The summed E-state index contributed by atoms with van der Waals surface area (Å²) in [7, 11) is 3.85. The van der Waals surface area contributed by atoms with Gasteiger partial charge >= 0.3 is 0 Å². The van der Waals surface area contributed by atoms with Crippen LogP contribution in [0.1, 0.15) is 20.3 Å². The van der Waals surface area contributed by atoms with Crippen molar-refractivity contribution in [3.63, 3.8) is 0 Å². The van der Waals surface area contributed by atoms with Crippen LogP contribution in [-0.4, -0.2) is 85.5 Å². The number of hydrogen-bond donors (Lipinski definition) is 1. The van der Waals surface area contributed by atoms with E-state index in [1.807, 2.05) is 19.0 Å². The van der Waals surface area contributed by atoms with E-state index in [0.29, 0.717) is 23.5 Å². The molecule has 0 aromatic rings. The van der Waals surface area contributed by atoms with Crippen LogP contribution in [0.3, 0.4) is 0 Å². The maximum Gasteiger partial charge on any atom is 0.272 e.